The molecule has 1 fully saturated rings. The van der Waals surface area contributed by atoms with E-state index in [1.807, 2.05) is 4.90 Å². The van der Waals surface area contributed by atoms with E-state index in [9.17, 15) is 17.6 Å². The molecule has 1 aliphatic rings. The minimum absolute atomic E-state index is 0.328. The summed E-state index contributed by atoms with van der Waals surface area (Å²) in [5.41, 5.74) is 1.11. The fraction of sp³-hybridized carbons (Fsp3) is 0.538. The average Bonchev–Trinajstić information content (AvgIpc) is 2.37. The van der Waals surface area contributed by atoms with Crippen LogP contribution in [0.2, 0.25) is 0 Å². The molecule has 1 aliphatic heterocycles. The number of nitrogens with one attached hydrogen (secondary N) is 1. The molecular weight excluding hydrogens is 274 g/mol. The van der Waals surface area contributed by atoms with Crippen LogP contribution in [-0.2, 0) is 0 Å². The van der Waals surface area contributed by atoms with E-state index in [-0.39, 0.29) is 5.82 Å². The summed E-state index contributed by atoms with van der Waals surface area (Å²) < 4.78 is 50.5. The summed E-state index contributed by atoms with van der Waals surface area (Å²) in [6, 6.07) is 4.81. The first-order chi connectivity index (χ1) is 9.39. The van der Waals surface area contributed by atoms with Crippen molar-refractivity contribution in [1.29, 1.82) is 0 Å². The predicted molar refractivity (Wildman–Crippen MR) is 70.7 cm³/mol. The summed E-state index contributed by atoms with van der Waals surface area (Å²) in [6.45, 7) is 0.709. The van der Waals surface area contributed by atoms with Gasteiger partial charge < -0.3 is 10.2 Å². The van der Waals surface area contributed by atoms with Gasteiger partial charge in [0.15, 0.2) is 0 Å². The minimum Gasteiger partial charge on any atom is -0.386 e. The first-order valence-corrected chi connectivity index (χ1v) is 6.40. The normalized spacial score (nSPS) is 17.4. The van der Waals surface area contributed by atoms with E-state index in [2.05, 4.69) is 5.32 Å². The molecule has 112 valence electrons. The van der Waals surface area contributed by atoms with Crippen molar-refractivity contribution in [2.45, 2.75) is 6.18 Å². The lowest BCUT2D eigenvalue weighted by atomic mass is 10.2. The van der Waals surface area contributed by atoms with Crippen molar-refractivity contribution in [3.8, 4) is 0 Å². The molecule has 20 heavy (non-hydrogen) atoms. The molecule has 1 aromatic carbocycles. The van der Waals surface area contributed by atoms with E-state index in [1.165, 1.54) is 11.0 Å². The van der Waals surface area contributed by atoms with Gasteiger partial charge in [-0.15, -0.1) is 0 Å². The van der Waals surface area contributed by atoms with Crippen molar-refractivity contribution >= 4 is 11.4 Å². The van der Waals surface area contributed by atoms with Gasteiger partial charge in [-0.05, 0) is 18.2 Å². The van der Waals surface area contributed by atoms with Gasteiger partial charge in [0.25, 0.3) is 0 Å². The Morgan fingerprint density at radius 1 is 1.15 bits per heavy atom. The van der Waals surface area contributed by atoms with Gasteiger partial charge in [0.05, 0.1) is 12.2 Å². The van der Waals surface area contributed by atoms with Crippen molar-refractivity contribution in [1.82, 2.24) is 4.90 Å². The predicted octanol–water partition coefficient (Wildman–Crippen LogP) is 2.55. The summed E-state index contributed by atoms with van der Waals surface area (Å²) in [5, 5.41) is 2.73. The van der Waals surface area contributed by atoms with Crippen LogP contribution in [0.25, 0.3) is 0 Å². The van der Waals surface area contributed by atoms with E-state index in [0.717, 1.165) is 0 Å². The second kappa shape index (κ2) is 5.87. The molecule has 0 aromatic heterocycles. The molecular formula is C13H17F4N3. The third-order valence-corrected chi connectivity index (χ3v) is 3.36. The third-order valence-electron chi connectivity index (χ3n) is 3.36. The monoisotopic (exact) mass is 291 g/mol. The largest absolute Gasteiger partial charge is 0.401 e. The Morgan fingerprint density at radius 2 is 1.80 bits per heavy atom. The van der Waals surface area contributed by atoms with E-state index in [4.69, 9.17) is 0 Å². The minimum atomic E-state index is -4.16. The number of nitrogens with zero attached hydrogens (tertiary/aromatic N) is 2. The van der Waals surface area contributed by atoms with Crippen molar-refractivity contribution in [3.63, 3.8) is 0 Å². The van der Waals surface area contributed by atoms with E-state index < -0.39 is 12.7 Å². The summed E-state index contributed by atoms with van der Waals surface area (Å²) in [7, 11) is 1.63. The third kappa shape index (κ3) is 3.75. The maximum atomic E-state index is 13.7. The van der Waals surface area contributed by atoms with Crippen LogP contribution in [-0.4, -0.2) is 50.8 Å². The van der Waals surface area contributed by atoms with Crippen molar-refractivity contribution in [2.75, 3.05) is 50.0 Å². The van der Waals surface area contributed by atoms with Gasteiger partial charge >= 0.3 is 6.18 Å². The Kier molecular flexibility index (Phi) is 4.37. The van der Waals surface area contributed by atoms with Crippen LogP contribution in [0.5, 0.6) is 0 Å². The smallest absolute Gasteiger partial charge is 0.386 e. The van der Waals surface area contributed by atoms with Crippen molar-refractivity contribution in [2.24, 2.45) is 0 Å². The second-order valence-electron chi connectivity index (χ2n) is 4.79. The summed E-state index contributed by atoms with van der Waals surface area (Å²) in [4.78, 5) is 3.27. The number of piperazine rings is 1. The molecule has 0 radical (unpaired) electrons. The molecule has 1 saturated heterocycles. The number of rotatable bonds is 3. The lowest BCUT2D eigenvalue weighted by molar-refractivity contribution is -0.146. The Balaban J connectivity index is 1.95. The van der Waals surface area contributed by atoms with E-state index >= 15 is 0 Å². The van der Waals surface area contributed by atoms with Crippen LogP contribution in [0.4, 0.5) is 28.9 Å². The van der Waals surface area contributed by atoms with Crippen LogP contribution >= 0.6 is 0 Å². The fourth-order valence-electron chi connectivity index (χ4n) is 2.32. The van der Waals surface area contributed by atoms with Gasteiger partial charge in [-0.2, -0.15) is 13.2 Å². The van der Waals surface area contributed by atoms with Gasteiger partial charge in [0.2, 0.25) is 0 Å². The molecule has 1 heterocycles. The number of hydrogen-bond acceptors (Lipinski definition) is 3. The molecule has 1 aromatic rings. The highest BCUT2D eigenvalue weighted by Gasteiger charge is 2.32. The molecule has 0 spiro atoms. The topological polar surface area (TPSA) is 18.5 Å². The first-order valence-electron chi connectivity index (χ1n) is 6.40. The number of alkyl halides is 3. The lowest BCUT2D eigenvalue weighted by Gasteiger charge is -2.36. The molecule has 0 unspecified atom stereocenters. The fourth-order valence-corrected chi connectivity index (χ4v) is 2.32. The van der Waals surface area contributed by atoms with Crippen molar-refractivity contribution < 1.29 is 17.6 Å². The SMILES string of the molecule is CNc1ccc(N2CCN(CC(F)(F)F)CC2)cc1F. The van der Waals surface area contributed by atoms with Crippen LogP contribution in [0.15, 0.2) is 18.2 Å². The number of benzene rings is 1. The standard InChI is InChI=1S/C13H17F4N3/c1-18-12-3-2-10(8-11(12)14)20-6-4-19(5-7-20)9-13(15,16)17/h2-3,8,18H,4-7,9H2,1H3. The number of anilines is 2. The Morgan fingerprint density at radius 3 is 2.30 bits per heavy atom. The maximum absolute atomic E-state index is 13.7. The van der Waals surface area contributed by atoms with E-state index in [1.54, 1.807) is 19.2 Å². The van der Waals surface area contributed by atoms with Gasteiger partial charge in [0.1, 0.15) is 5.82 Å². The zero-order chi connectivity index (χ0) is 14.8. The molecule has 3 nitrogen and oxygen atoms in total. The zero-order valence-corrected chi connectivity index (χ0v) is 11.2. The average molecular weight is 291 g/mol. The Labute approximate surface area is 115 Å². The Hall–Kier alpha value is -1.50. The molecule has 0 bridgehead atoms. The van der Waals surface area contributed by atoms with Gasteiger partial charge in [0, 0.05) is 38.9 Å². The second-order valence-corrected chi connectivity index (χ2v) is 4.79. The summed E-state index contributed by atoms with van der Waals surface area (Å²) in [5.74, 6) is -0.359. The lowest BCUT2D eigenvalue weighted by Crippen LogP contribution is -2.49. The zero-order valence-electron chi connectivity index (χ0n) is 11.2. The van der Waals surface area contributed by atoms with Gasteiger partial charge in [-0.1, -0.05) is 0 Å². The van der Waals surface area contributed by atoms with Gasteiger partial charge in [-0.25, -0.2) is 4.39 Å². The molecule has 1 N–H and O–H groups in total. The molecule has 2 rings (SSSR count). The summed E-state index contributed by atoms with van der Waals surface area (Å²) in [6.07, 6.45) is -4.16. The highest BCUT2D eigenvalue weighted by Crippen LogP contribution is 2.24. The molecule has 0 aliphatic carbocycles. The summed E-state index contributed by atoms with van der Waals surface area (Å²) >= 11 is 0. The molecule has 0 saturated carbocycles. The van der Waals surface area contributed by atoms with Crippen LogP contribution in [0.3, 0.4) is 0 Å². The van der Waals surface area contributed by atoms with Crippen LogP contribution in [0, 0.1) is 5.82 Å². The van der Waals surface area contributed by atoms with Crippen molar-refractivity contribution in [3.05, 3.63) is 24.0 Å². The molecule has 7 heteroatoms. The number of hydrogen-bond donors (Lipinski definition) is 1. The van der Waals surface area contributed by atoms with E-state index in [0.29, 0.717) is 37.6 Å². The molecule has 0 amide bonds. The maximum Gasteiger partial charge on any atom is 0.401 e. The Bertz CT molecular complexity index is 453. The van der Waals surface area contributed by atoms with Crippen LogP contribution < -0.4 is 10.2 Å². The highest BCUT2D eigenvalue weighted by molar-refractivity contribution is 5.56. The number of halogens is 4. The molecule has 0 atom stereocenters. The van der Waals surface area contributed by atoms with Crippen LogP contribution in [0.1, 0.15) is 0 Å². The van der Waals surface area contributed by atoms with Gasteiger partial charge in [-0.3, -0.25) is 4.90 Å². The quantitative estimate of drug-likeness (QED) is 0.864. The highest BCUT2D eigenvalue weighted by atomic mass is 19.4. The first kappa shape index (κ1) is 14.9.